The summed E-state index contributed by atoms with van der Waals surface area (Å²) in [5.74, 6) is -3.66. The first-order valence-electron chi connectivity index (χ1n) is 13.8. The zero-order chi connectivity index (χ0) is 31.2. The van der Waals surface area contributed by atoms with Gasteiger partial charge in [-0.05, 0) is 63.6 Å². The molecule has 0 radical (unpaired) electrons. The van der Waals surface area contributed by atoms with Crippen LogP contribution in [0.15, 0.2) is 35.5 Å². The molecule has 2 aromatic rings. The van der Waals surface area contributed by atoms with E-state index in [1.165, 1.54) is 6.92 Å². The second-order valence-corrected chi connectivity index (χ2v) is 10.1. The van der Waals surface area contributed by atoms with Crippen LogP contribution in [-0.4, -0.2) is 88.2 Å². The number of guanidine groups is 1. The number of amides is 3. The highest BCUT2D eigenvalue weighted by Gasteiger charge is 2.32. The minimum atomic E-state index is -1.49. The van der Waals surface area contributed by atoms with Crippen LogP contribution in [0.25, 0.3) is 10.9 Å². The van der Waals surface area contributed by atoms with E-state index in [2.05, 4.69) is 25.9 Å². The smallest absolute Gasteiger partial charge is 0.326 e. The Morgan fingerprint density at radius 1 is 0.952 bits per heavy atom. The fraction of sp³-hybridized carbons (Fsp3) is 0.519. The average molecular weight is 590 g/mol. The van der Waals surface area contributed by atoms with Crippen LogP contribution in [0.2, 0.25) is 0 Å². The fourth-order valence-electron chi connectivity index (χ4n) is 4.35. The van der Waals surface area contributed by atoms with Gasteiger partial charge in [-0.25, -0.2) is 4.79 Å². The van der Waals surface area contributed by atoms with E-state index in [4.69, 9.17) is 22.9 Å². The minimum absolute atomic E-state index is 0.00438. The molecule has 3 amide bonds. The van der Waals surface area contributed by atoms with E-state index >= 15 is 0 Å². The minimum Gasteiger partial charge on any atom is -0.480 e. The van der Waals surface area contributed by atoms with Crippen molar-refractivity contribution in [2.75, 3.05) is 13.1 Å². The number of benzene rings is 1. The molecule has 14 N–H and O–H groups in total. The topological polar surface area (TPSA) is 277 Å². The number of carbonyl (C=O) groups excluding carboxylic acids is 3. The van der Waals surface area contributed by atoms with Crippen molar-refractivity contribution in [1.82, 2.24) is 20.9 Å². The molecule has 5 atom stereocenters. The molecular formula is C27H43N9O6. The predicted molar refractivity (Wildman–Crippen MR) is 158 cm³/mol. The molecule has 0 fully saturated rings. The highest BCUT2D eigenvalue weighted by molar-refractivity contribution is 5.94. The van der Waals surface area contributed by atoms with Gasteiger partial charge in [0, 0.05) is 23.6 Å². The summed E-state index contributed by atoms with van der Waals surface area (Å²) in [6, 6.07) is 2.72. The maximum absolute atomic E-state index is 13.3. The highest BCUT2D eigenvalue weighted by Crippen LogP contribution is 2.19. The van der Waals surface area contributed by atoms with Crippen LogP contribution < -0.4 is 38.9 Å². The number of H-pyrrole nitrogens is 1. The zero-order valence-electron chi connectivity index (χ0n) is 23.7. The normalized spacial score (nSPS) is 14.7. The predicted octanol–water partition coefficient (Wildman–Crippen LogP) is -1.86. The van der Waals surface area contributed by atoms with E-state index in [0.717, 1.165) is 16.5 Å². The van der Waals surface area contributed by atoms with Gasteiger partial charge in [0.05, 0.1) is 12.1 Å². The number of nitrogens with two attached hydrogens (primary N) is 4. The molecule has 0 aliphatic carbocycles. The molecule has 1 aromatic heterocycles. The number of carbonyl (C=O) groups is 4. The van der Waals surface area contributed by atoms with Gasteiger partial charge in [-0.2, -0.15) is 0 Å². The molecule has 0 spiro atoms. The third-order valence-corrected chi connectivity index (χ3v) is 6.65. The van der Waals surface area contributed by atoms with Crippen molar-refractivity contribution in [2.45, 2.75) is 75.7 Å². The van der Waals surface area contributed by atoms with Crippen molar-refractivity contribution in [2.24, 2.45) is 27.9 Å². The molecule has 0 aliphatic rings. The fourth-order valence-corrected chi connectivity index (χ4v) is 4.35. The van der Waals surface area contributed by atoms with Gasteiger partial charge in [0.1, 0.15) is 18.1 Å². The molecule has 0 bridgehead atoms. The number of nitrogens with zero attached hydrogens (tertiary/aromatic N) is 1. The number of hydrogen-bond acceptors (Lipinski definition) is 8. The molecule has 0 aliphatic heterocycles. The Bertz CT molecular complexity index is 1230. The van der Waals surface area contributed by atoms with Crippen LogP contribution >= 0.6 is 0 Å². The van der Waals surface area contributed by atoms with Crippen molar-refractivity contribution in [3.63, 3.8) is 0 Å². The van der Waals surface area contributed by atoms with Crippen LogP contribution in [0.1, 0.15) is 44.6 Å². The Kier molecular flexibility index (Phi) is 13.7. The lowest BCUT2D eigenvalue weighted by molar-refractivity contribution is -0.143. The Balaban J connectivity index is 2.08. The van der Waals surface area contributed by atoms with Gasteiger partial charge in [0.15, 0.2) is 5.96 Å². The summed E-state index contributed by atoms with van der Waals surface area (Å²) >= 11 is 0. The number of para-hydroxylation sites is 1. The number of rotatable bonds is 18. The molecule has 0 saturated carbocycles. The lowest BCUT2D eigenvalue weighted by atomic mass is 10.0. The van der Waals surface area contributed by atoms with Crippen molar-refractivity contribution < 1.29 is 29.4 Å². The molecule has 232 valence electrons. The van der Waals surface area contributed by atoms with E-state index in [-0.39, 0.29) is 38.2 Å². The zero-order valence-corrected chi connectivity index (χ0v) is 23.7. The molecule has 42 heavy (non-hydrogen) atoms. The molecular weight excluding hydrogens is 546 g/mol. The number of nitrogens with one attached hydrogen (secondary N) is 4. The summed E-state index contributed by atoms with van der Waals surface area (Å²) < 4.78 is 0. The highest BCUT2D eigenvalue weighted by atomic mass is 16.4. The van der Waals surface area contributed by atoms with Crippen LogP contribution in [0.5, 0.6) is 0 Å². The summed E-state index contributed by atoms with van der Waals surface area (Å²) in [6.07, 6.45) is 2.15. The summed E-state index contributed by atoms with van der Waals surface area (Å²) in [7, 11) is 0. The van der Waals surface area contributed by atoms with E-state index in [0.29, 0.717) is 19.4 Å². The number of fused-ring (bicyclic) bond motifs is 1. The van der Waals surface area contributed by atoms with Crippen molar-refractivity contribution in [1.29, 1.82) is 0 Å². The van der Waals surface area contributed by atoms with Crippen molar-refractivity contribution in [3.05, 3.63) is 36.0 Å². The summed E-state index contributed by atoms with van der Waals surface area (Å²) in [5.41, 5.74) is 24.0. The molecule has 15 nitrogen and oxygen atoms in total. The van der Waals surface area contributed by atoms with Crippen LogP contribution in [-0.2, 0) is 25.6 Å². The van der Waals surface area contributed by atoms with E-state index in [1.54, 1.807) is 6.20 Å². The van der Waals surface area contributed by atoms with Crippen molar-refractivity contribution in [3.8, 4) is 0 Å². The van der Waals surface area contributed by atoms with Gasteiger partial charge < -0.3 is 54.1 Å². The van der Waals surface area contributed by atoms with Crippen LogP contribution in [0.3, 0.4) is 0 Å². The Hall–Kier alpha value is -4.21. The number of carboxylic acids is 1. The largest absolute Gasteiger partial charge is 0.480 e. The molecule has 1 heterocycles. The first-order chi connectivity index (χ1) is 19.9. The van der Waals surface area contributed by atoms with E-state index in [9.17, 15) is 29.4 Å². The first-order valence-corrected chi connectivity index (χ1v) is 13.8. The molecule has 2 rings (SSSR count). The number of aliphatic hydroxyl groups excluding tert-OH is 1. The monoisotopic (exact) mass is 589 g/mol. The first kappa shape index (κ1) is 34.0. The number of aliphatic carboxylic acids is 1. The number of aliphatic hydroxyl groups is 1. The molecule has 5 unspecified atom stereocenters. The van der Waals surface area contributed by atoms with Gasteiger partial charge in [0.2, 0.25) is 17.7 Å². The van der Waals surface area contributed by atoms with Gasteiger partial charge in [0.25, 0.3) is 0 Å². The quantitative estimate of drug-likeness (QED) is 0.0526. The molecule has 0 saturated heterocycles. The van der Waals surface area contributed by atoms with Gasteiger partial charge in [-0.15, -0.1) is 0 Å². The number of aromatic amines is 1. The third kappa shape index (κ3) is 10.6. The SMILES string of the molecule is CC(O)C(NC(=O)C(CCCCN)NC(=O)C(N)Cc1c[nH]c2ccccc12)C(=O)NC(CCCN=C(N)N)C(=O)O. The lowest BCUT2D eigenvalue weighted by Gasteiger charge is -2.26. The van der Waals surface area contributed by atoms with Crippen molar-refractivity contribution >= 4 is 40.6 Å². The Morgan fingerprint density at radius 2 is 1.62 bits per heavy atom. The Morgan fingerprint density at radius 3 is 2.26 bits per heavy atom. The Labute approximate surface area is 243 Å². The lowest BCUT2D eigenvalue weighted by Crippen LogP contribution is -2.59. The number of hydrogen-bond donors (Lipinski definition) is 10. The second kappa shape index (κ2) is 16.9. The number of aliphatic imine (C=N–C) groups is 1. The maximum Gasteiger partial charge on any atom is 0.326 e. The number of aromatic nitrogens is 1. The summed E-state index contributed by atoms with van der Waals surface area (Å²) in [5, 5.41) is 28.1. The number of carboxylic acid groups (broad SMARTS) is 1. The summed E-state index contributed by atoms with van der Waals surface area (Å²) in [4.78, 5) is 57.8. The van der Waals surface area contributed by atoms with Gasteiger partial charge >= 0.3 is 5.97 Å². The average Bonchev–Trinajstić information content (AvgIpc) is 3.34. The standard InChI is InChI=1S/C27H43N9O6/c1-15(37)22(25(40)35-21(26(41)42)10-6-12-32-27(30)31)36-24(39)20(9-4-5-11-28)34-23(38)18(29)13-16-14-33-19-8-3-2-7-17(16)19/h2-3,7-8,14-15,18,20-22,33,37H,4-6,9-13,28-29H2,1H3,(H,34,38)(H,35,40)(H,36,39)(H,41,42)(H4,30,31,32). The second-order valence-electron chi connectivity index (χ2n) is 10.1. The number of unbranched alkanes of at least 4 members (excludes halogenated alkanes) is 1. The van der Waals surface area contributed by atoms with Gasteiger partial charge in [-0.3, -0.25) is 19.4 Å². The van der Waals surface area contributed by atoms with Crippen LogP contribution in [0.4, 0.5) is 0 Å². The summed E-state index contributed by atoms with van der Waals surface area (Å²) in [6.45, 7) is 1.81. The maximum atomic E-state index is 13.3. The molecule has 1 aromatic carbocycles. The van der Waals surface area contributed by atoms with E-state index < -0.39 is 54.0 Å². The van der Waals surface area contributed by atoms with Gasteiger partial charge in [-0.1, -0.05) is 18.2 Å². The van der Waals surface area contributed by atoms with Crippen LogP contribution in [0, 0.1) is 0 Å². The van der Waals surface area contributed by atoms with E-state index in [1.807, 2.05) is 24.3 Å². The molecule has 15 heteroatoms. The third-order valence-electron chi connectivity index (χ3n) is 6.65.